The van der Waals surface area contributed by atoms with Crippen LogP contribution in [0.3, 0.4) is 0 Å². The molecule has 0 bridgehead atoms. The largest absolute Gasteiger partial charge is 1.00 e. The smallest absolute Gasteiger partial charge is 0.305 e. The Hall–Kier alpha value is -0.263. The quantitative estimate of drug-likeness (QED) is 0.466. The summed E-state index contributed by atoms with van der Waals surface area (Å²) in [7, 11) is 2.23. The van der Waals surface area contributed by atoms with Gasteiger partial charge < -0.3 is 9.80 Å². The monoisotopic (exact) mass is 238 g/mol. The van der Waals surface area contributed by atoms with Gasteiger partial charge in [0.2, 0.25) is 0 Å². The maximum Gasteiger partial charge on any atom is 1.00 e. The first-order valence-corrected chi connectivity index (χ1v) is 6.70. The second-order valence-electron chi connectivity index (χ2n) is 5.01. The van der Waals surface area contributed by atoms with Crippen molar-refractivity contribution in [1.82, 2.24) is 9.80 Å². The molecule has 0 N–H and O–H groups in total. The third kappa shape index (κ3) is 5.59. The van der Waals surface area contributed by atoms with Crippen LogP contribution in [-0.2, 0) is 6.42 Å². The van der Waals surface area contributed by atoms with E-state index in [9.17, 15) is 0 Å². The summed E-state index contributed by atoms with van der Waals surface area (Å²) >= 11 is 0. The molecule has 2 nitrogen and oxygen atoms in total. The van der Waals surface area contributed by atoms with Gasteiger partial charge >= 0.3 is 18.9 Å². The molecule has 0 amide bonds. The molecule has 1 aromatic rings. The van der Waals surface area contributed by atoms with Crippen LogP contribution in [0.1, 0.15) is 18.4 Å². The first-order chi connectivity index (χ1) is 8.34. The van der Waals surface area contributed by atoms with Gasteiger partial charge in [-0.05, 0) is 45.9 Å². The van der Waals surface area contributed by atoms with Gasteiger partial charge in [0.15, 0.2) is 0 Å². The van der Waals surface area contributed by atoms with Crippen LogP contribution in [0, 0.1) is 6.07 Å². The van der Waals surface area contributed by atoms with Crippen molar-refractivity contribution < 1.29 is 18.9 Å². The van der Waals surface area contributed by atoms with E-state index in [1.165, 1.54) is 44.6 Å². The van der Waals surface area contributed by atoms with Crippen molar-refractivity contribution in [3.8, 4) is 0 Å². The molecule has 0 aromatic heterocycles. The number of benzene rings is 1. The number of hydrogen-bond donors (Lipinski definition) is 0. The summed E-state index contributed by atoms with van der Waals surface area (Å²) in [6, 6.07) is 11.4. The normalized spacial score (nSPS) is 15.9. The molecule has 2 rings (SSSR count). The van der Waals surface area contributed by atoms with Crippen LogP contribution in [0.25, 0.3) is 0 Å². The summed E-state index contributed by atoms with van der Waals surface area (Å²) in [5, 5.41) is 0. The molecule has 0 unspecified atom stereocenters. The van der Waals surface area contributed by atoms with Gasteiger partial charge in [0.05, 0.1) is 0 Å². The van der Waals surface area contributed by atoms with Gasteiger partial charge in [0.25, 0.3) is 0 Å². The molecule has 94 valence electrons. The molecule has 1 aliphatic heterocycles. The zero-order valence-corrected chi connectivity index (χ0v) is 11.9. The summed E-state index contributed by atoms with van der Waals surface area (Å²) in [5.41, 5.74) is 1.41. The topological polar surface area (TPSA) is 6.48 Å². The summed E-state index contributed by atoms with van der Waals surface area (Å²) in [6.07, 6.45) is 3.93. The van der Waals surface area contributed by atoms with Crippen LogP contribution >= 0.6 is 0 Å². The molecule has 0 atom stereocenters. The molecule has 0 radical (unpaired) electrons. The first kappa shape index (κ1) is 15.8. The van der Waals surface area contributed by atoms with E-state index in [-0.39, 0.29) is 18.9 Å². The van der Waals surface area contributed by atoms with Gasteiger partial charge in [0, 0.05) is 13.1 Å². The Morgan fingerprint density at radius 2 is 1.83 bits per heavy atom. The molecule has 0 aliphatic carbocycles. The van der Waals surface area contributed by atoms with Crippen molar-refractivity contribution in [3.05, 3.63) is 35.9 Å². The molecule has 0 saturated carbocycles. The molecule has 1 fully saturated rings. The minimum atomic E-state index is 0. The van der Waals surface area contributed by atoms with E-state index >= 15 is 0 Å². The molecular weight excluding hydrogens is 215 g/mol. The minimum Gasteiger partial charge on any atom is -0.305 e. The fourth-order valence-corrected chi connectivity index (χ4v) is 2.34. The summed E-state index contributed by atoms with van der Waals surface area (Å²) in [5.74, 6) is 0. The van der Waals surface area contributed by atoms with Crippen molar-refractivity contribution in [2.45, 2.75) is 19.3 Å². The van der Waals surface area contributed by atoms with E-state index in [2.05, 4.69) is 35.0 Å². The van der Waals surface area contributed by atoms with Crippen LogP contribution in [0.15, 0.2) is 24.3 Å². The van der Waals surface area contributed by atoms with Crippen molar-refractivity contribution in [1.29, 1.82) is 0 Å². The number of likely N-dealkylation sites (N-methyl/N-ethyl adjacent to an activating group) is 1. The summed E-state index contributed by atoms with van der Waals surface area (Å²) in [4.78, 5) is 5.02. The molecule has 1 aromatic carbocycles. The van der Waals surface area contributed by atoms with Crippen LogP contribution in [-0.4, -0.2) is 49.6 Å². The number of nitrogens with zero attached hydrogens (tertiary/aromatic N) is 2. The fraction of sp³-hybridized carbons (Fsp3) is 0.600. The number of rotatable bonds is 6. The Balaban J connectivity index is 0.00000162. The molecule has 3 heteroatoms. The molecule has 1 heterocycles. The van der Waals surface area contributed by atoms with Gasteiger partial charge in [0.1, 0.15) is 0 Å². The Morgan fingerprint density at radius 1 is 1.17 bits per heavy atom. The van der Waals surface area contributed by atoms with Crippen LogP contribution in [0.4, 0.5) is 0 Å². The van der Waals surface area contributed by atoms with Gasteiger partial charge in [-0.2, -0.15) is 35.9 Å². The summed E-state index contributed by atoms with van der Waals surface area (Å²) in [6.45, 7) is 6.20. The Bertz CT molecular complexity index is 310. The van der Waals surface area contributed by atoms with E-state index < -0.39 is 0 Å². The number of hydrogen-bond acceptors (Lipinski definition) is 2. The number of likely N-dealkylation sites (tertiary alicyclic amines) is 1. The SMILES string of the molecule is CN(CCc1cc[c-]cc1)CCN1CCCC1.[Li+]. The average molecular weight is 238 g/mol. The third-order valence-corrected chi connectivity index (χ3v) is 3.57. The van der Waals surface area contributed by atoms with E-state index in [0.717, 1.165) is 13.0 Å². The summed E-state index contributed by atoms with van der Waals surface area (Å²) < 4.78 is 0. The van der Waals surface area contributed by atoms with Gasteiger partial charge in [-0.3, -0.25) is 0 Å². The zero-order chi connectivity index (χ0) is 11.9. The Morgan fingerprint density at radius 3 is 2.50 bits per heavy atom. The van der Waals surface area contributed by atoms with Gasteiger partial charge in [-0.25, -0.2) is 0 Å². The van der Waals surface area contributed by atoms with Gasteiger partial charge in [-0.1, -0.05) is 0 Å². The maximum atomic E-state index is 3.06. The predicted octanol–water partition coefficient (Wildman–Crippen LogP) is -0.939. The van der Waals surface area contributed by atoms with Crippen molar-refractivity contribution in [2.24, 2.45) is 0 Å². The molecule has 0 spiro atoms. The maximum absolute atomic E-state index is 3.06. The van der Waals surface area contributed by atoms with E-state index in [4.69, 9.17) is 0 Å². The van der Waals surface area contributed by atoms with E-state index in [1.807, 2.05) is 12.1 Å². The van der Waals surface area contributed by atoms with Crippen molar-refractivity contribution >= 4 is 0 Å². The van der Waals surface area contributed by atoms with Crippen LogP contribution in [0.2, 0.25) is 0 Å². The molecule has 1 aliphatic rings. The van der Waals surface area contributed by atoms with E-state index in [1.54, 1.807) is 0 Å². The second kappa shape index (κ2) is 8.77. The Kier molecular flexibility index (Phi) is 7.70. The van der Waals surface area contributed by atoms with Crippen molar-refractivity contribution in [2.75, 3.05) is 39.8 Å². The second-order valence-corrected chi connectivity index (χ2v) is 5.01. The van der Waals surface area contributed by atoms with E-state index in [0.29, 0.717) is 0 Å². The van der Waals surface area contributed by atoms with Gasteiger partial charge in [-0.15, -0.1) is 0 Å². The molecule has 1 saturated heterocycles. The third-order valence-electron chi connectivity index (χ3n) is 3.57. The fourth-order valence-electron chi connectivity index (χ4n) is 2.34. The van der Waals surface area contributed by atoms with Crippen LogP contribution < -0.4 is 18.9 Å². The predicted molar refractivity (Wildman–Crippen MR) is 72.2 cm³/mol. The minimum absolute atomic E-state index is 0. The standard InChI is InChI=1S/C15H23N2.Li/c1-16(13-14-17-10-5-6-11-17)12-9-15-7-3-2-4-8-15;/h3-4,7-8H,5-6,9-14H2,1H3;/q-1;+1. The molecule has 18 heavy (non-hydrogen) atoms. The first-order valence-electron chi connectivity index (χ1n) is 6.70. The average Bonchev–Trinajstić information content (AvgIpc) is 2.88. The zero-order valence-electron chi connectivity index (χ0n) is 11.9. The molecular formula is C15H23LiN2. The van der Waals surface area contributed by atoms with Crippen molar-refractivity contribution in [3.63, 3.8) is 0 Å². The van der Waals surface area contributed by atoms with Crippen LogP contribution in [0.5, 0.6) is 0 Å². The Labute approximate surface area is 124 Å².